The summed E-state index contributed by atoms with van der Waals surface area (Å²) in [5.74, 6) is 0. The van der Waals surface area contributed by atoms with Crippen LogP contribution in [0.4, 0.5) is 0 Å². The van der Waals surface area contributed by atoms with Gasteiger partial charge in [0.05, 0.1) is 0 Å². The minimum atomic E-state index is -0.149. The van der Waals surface area contributed by atoms with Crippen LogP contribution in [0.2, 0.25) is 0 Å². The molecule has 0 aliphatic carbocycles. The van der Waals surface area contributed by atoms with Gasteiger partial charge in [-0.3, -0.25) is 0 Å². The molecule has 50 valence electrons. The molecule has 0 amide bonds. The Balaban J connectivity index is 2.89. The van der Waals surface area contributed by atoms with Gasteiger partial charge in [-0.15, -0.1) is 0 Å². The molecule has 0 atom stereocenters. The van der Waals surface area contributed by atoms with Crippen LogP contribution in [0.25, 0.3) is 0 Å². The zero-order valence-corrected chi connectivity index (χ0v) is 7.61. The van der Waals surface area contributed by atoms with Gasteiger partial charge in [0.15, 0.2) is 0 Å². The summed E-state index contributed by atoms with van der Waals surface area (Å²) in [6.45, 7) is 5.99. The van der Waals surface area contributed by atoms with Gasteiger partial charge in [0.2, 0.25) is 0 Å². The summed E-state index contributed by atoms with van der Waals surface area (Å²) in [5.41, 5.74) is -0.149. The Morgan fingerprint density at radius 2 is 2.11 bits per heavy atom. The molecule has 0 unspecified atom stereocenters. The molecule has 9 heavy (non-hydrogen) atoms. The number of hydrogen-bond donors (Lipinski definition) is 0. The molecule has 1 rings (SSSR count). The molecule has 1 nitrogen and oxygen atoms in total. The van der Waals surface area contributed by atoms with E-state index in [1.165, 1.54) is 4.47 Å². The monoisotopic (exact) mass is 190 g/mol. The van der Waals surface area contributed by atoms with Crippen molar-refractivity contribution < 1.29 is 4.79 Å². The molecule has 1 aliphatic heterocycles. The minimum absolute atomic E-state index is 0.142. The van der Waals surface area contributed by atoms with Crippen LogP contribution in [-0.4, -0.2) is 19.6 Å². The summed E-state index contributed by atoms with van der Waals surface area (Å²) in [6, 6.07) is 0. The summed E-state index contributed by atoms with van der Waals surface area (Å²) >= 11 is 0.142. The first-order valence-electron chi connectivity index (χ1n) is 2.94. The first-order valence-corrected chi connectivity index (χ1v) is 4.65. The van der Waals surface area contributed by atoms with Crippen LogP contribution in [0.1, 0.15) is 20.8 Å². The SMILES string of the molecule is CC1=CC(C)(C)C(=O)[Se]1. The molecule has 0 aromatic rings. The van der Waals surface area contributed by atoms with E-state index in [1.54, 1.807) is 0 Å². The second-order valence-corrected chi connectivity index (χ2v) is 5.42. The predicted octanol–water partition coefficient (Wildman–Crippen LogP) is 1.16. The average Bonchev–Trinajstić information content (AvgIpc) is 1.79. The quantitative estimate of drug-likeness (QED) is 0.522. The molecule has 2 heteroatoms. The molecule has 0 radical (unpaired) electrons. The van der Waals surface area contributed by atoms with Crippen LogP contribution in [0.3, 0.4) is 0 Å². The van der Waals surface area contributed by atoms with Crippen LogP contribution >= 0.6 is 0 Å². The molecule has 0 saturated carbocycles. The number of allylic oxidation sites excluding steroid dienone is 2. The summed E-state index contributed by atoms with van der Waals surface area (Å²) in [4.78, 5) is 11.1. The first-order chi connectivity index (χ1) is 4.02. The average molecular weight is 189 g/mol. The van der Waals surface area contributed by atoms with Crippen LogP contribution in [0.5, 0.6) is 0 Å². The molecule has 0 aromatic heterocycles. The van der Waals surface area contributed by atoms with Crippen molar-refractivity contribution in [3.8, 4) is 0 Å². The first kappa shape index (κ1) is 7.04. The van der Waals surface area contributed by atoms with Crippen molar-refractivity contribution in [1.82, 2.24) is 0 Å². The third kappa shape index (κ3) is 1.25. The molecule has 0 saturated heterocycles. The van der Waals surface area contributed by atoms with E-state index in [0.29, 0.717) is 4.68 Å². The number of carbonyl (C=O) groups is 1. The summed E-state index contributed by atoms with van der Waals surface area (Å²) in [6.07, 6.45) is 2.08. The number of carbonyl (C=O) groups excluding carboxylic acids is 1. The van der Waals surface area contributed by atoms with Gasteiger partial charge in [-0.2, -0.15) is 0 Å². The Hall–Kier alpha value is -0.0705. The van der Waals surface area contributed by atoms with Gasteiger partial charge in [-0.05, 0) is 0 Å². The maximum atomic E-state index is 11.1. The van der Waals surface area contributed by atoms with Gasteiger partial charge in [0.1, 0.15) is 0 Å². The second kappa shape index (κ2) is 1.96. The Morgan fingerprint density at radius 1 is 1.56 bits per heavy atom. The van der Waals surface area contributed by atoms with E-state index in [-0.39, 0.29) is 20.4 Å². The van der Waals surface area contributed by atoms with Gasteiger partial charge < -0.3 is 0 Å². The zero-order valence-electron chi connectivity index (χ0n) is 5.89. The fourth-order valence-electron chi connectivity index (χ4n) is 0.874. The van der Waals surface area contributed by atoms with Gasteiger partial charge in [0.25, 0.3) is 0 Å². The summed E-state index contributed by atoms with van der Waals surface area (Å²) < 4.78 is 1.69. The summed E-state index contributed by atoms with van der Waals surface area (Å²) in [5, 5.41) is 0. The molecule has 0 N–H and O–H groups in total. The topological polar surface area (TPSA) is 17.1 Å². The van der Waals surface area contributed by atoms with Crippen molar-refractivity contribution in [2.75, 3.05) is 0 Å². The van der Waals surface area contributed by atoms with Gasteiger partial charge in [0, 0.05) is 0 Å². The Bertz CT molecular complexity index is 179. The van der Waals surface area contributed by atoms with Gasteiger partial charge in [-0.25, -0.2) is 0 Å². The van der Waals surface area contributed by atoms with E-state index < -0.39 is 0 Å². The van der Waals surface area contributed by atoms with Crippen molar-refractivity contribution in [2.24, 2.45) is 5.41 Å². The molecule has 1 aliphatic rings. The van der Waals surface area contributed by atoms with Crippen LogP contribution < -0.4 is 0 Å². The van der Waals surface area contributed by atoms with Crippen LogP contribution in [-0.2, 0) is 4.79 Å². The fraction of sp³-hybridized carbons (Fsp3) is 0.571. The molecule has 0 bridgehead atoms. The Kier molecular flexibility index (Phi) is 1.54. The van der Waals surface area contributed by atoms with Crippen LogP contribution in [0.15, 0.2) is 10.5 Å². The molecular weight excluding hydrogens is 179 g/mol. The predicted molar refractivity (Wildman–Crippen MR) is 38.3 cm³/mol. The number of rotatable bonds is 0. The van der Waals surface area contributed by atoms with Crippen molar-refractivity contribution in [3.63, 3.8) is 0 Å². The maximum absolute atomic E-state index is 11.1. The van der Waals surface area contributed by atoms with E-state index in [9.17, 15) is 4.79 Å². The standard InChI is InChI=1S/C7H10OSe/c1-5-4-7(2,3)6(8)9-5/h4H,1-3H3. The Morgan fingerprint density at radius 3 is 2.22 bits per heavy atom. The van der Waals surface area contributed by atoms with Crippen molar-refractivity contribution in [2.45, 2.75) is 20.8 Å². The third-order valence-electron chi connectivity index (χ3n) is 1.34. The normalized spacial score (nSPS) is 24.3. The van der Waals surface area contributed by atoms with Gasteiger partial charge in [-0.1, -0.05) is 0 Å². The second-order valence-electron chi connectivity index (χ2n) is 2.87. The van der Waals surface area contributed by atoms with E-state index in [4.69, 9.17) is 0 Å². The molecule has 0 aromatic carbocycles. The van der Waals surface area contributed by atoms with Crippen molar-refractivity contribution in [3.05, 3.63) is 10.5 Å². The molecular formula is C7H10OSe. The molecule has 0 spiro atoms. The van der Waals surface area contributed by atoms with Crippen LogP contribution in [0, 0.1) is 5.41 Å². The van der Waals surface area contributed by atoms with E-state index in [2.05, 4.69) is 6.08 Å². The van der Waals surface area contributed by atoms with E-state index in [1.807, 2.05) is 20.8 Å². The van der Waals surface area contributed by atoms with E-state index >= 15 is 0 Å². The van der Waals surface area contributed by atoms with Gasteiger partial charge >= 0.3 is 61.2 Å². The molecule has 1 heterocycles. The third-order valence-corrected chi connectivity index (χ3v) is 3.76. The zero-order chi connectivity index (χ0) is 7.07. The van der Waals surface area contributed by atoms with Crippen molar-refractivity contribution in [1.29, 1.82) is 0 Å². The fourth-order valence-corrected chi connectivity index (χ4v) is 2.91. The Labute approximate surface area is 61.7 Å². The molecule has 0 fully saturated rings. The van der Waals surface area contributed by atoms with E-state index in [0.717, 1.165) is 0 Å². The van der Waals surface area contributed by atoms with Crippen molar-refractivity contribution >= 4 is 19.6 Å². The number of hydrogen-bond acceptors (Lipinski definition) is 1. The summed E-state index contributed by atoms with van der Waals surface area (Å²) in [7, 11) is 0.